The van der Waals surface area contributed by atoms with Gasteiger partial charge in [-0.1, -0.05) is 30.3 Å². The van der Waals surface area contributed by atoms with Gasteiger partial charge in [-0.25, -0.2) is 8.42 Å². The highest BCUT2D eigenvalue weighted by Gasteiger charge is 2.20. The van der Waals surface area contributed by atoms with Gasteiger partial charge in [0, 0.05) is 25.7 Å². The molecule has 7 heteroatoms. The Balaban J connectivity index is 1.60. The number of aryl methyl sites for hydroxylation is 1. The summed E-state index contributed by atoms with van der Waals surface area (Å²) < 4.78 is 26.8. The van der Waals surface area contributed by atoms with E-state index in [1.54, 1.807) is 30.5 Å². The zero-order valence-corrected chi connectivity index (χ0v) is 17.2. The van der Waals surface area contributed by atoms with E-state index >= 15 is 0 Å². The van der Waals surface area contributed by atoms with Crippen molar-refractivity contribution in [2.24, 2.45) is 0 Å². The number of nitrogens with zero attached hydrogens (tertiary/aromatic N) is 1. The Kier molecular flexibility index (Phi) is 6.61. The highest BCUT2D eigenvalue weighted by Crippen LogP contribution is 2.19. The number of amides is 1. The van der Waals surface area contributed by atoms with Crippen molar-refractivity contribution < 1.29 is 13.2 Å². The van der Waals surface area contributed by atoms with Crippen LogP contribution in [-0.2, 0) is 27.8 Å². The third-order valence-electron chi connectivity index (χ3n) is 4.32. The van der Waals surface area contributed by atoms with Gasteiger partial charge in [0.15, 0.2) is 0 Å². The summed E-state index contributed by atoms with van der Waals surface area (Å²) in [6.45, 7) is 0.296. The maximum Gasteiger partial charge on any atom is 0.243 e. The molecule has 0 saturated carbocycles. The standard InChI is InChI=1S/C21H22N2O3S2/c1-23(15-17-5-3-2-4-6-17)28(25,26)20-10-8-19(9-11-20)22-21(24)12-7-18-13-14-27-16-18/h2-6,8-11,13-14,16H,7,12,15H2,1H3,(H,22,24). The molecule has 0 aliphatic rings. The van der Waals surface area contributed by atoms with Gasteiger partial charge in [-0.05, 0) is 58.6 Å². The van der Waals surface area contributed by atoms with E-state index < -0.39 is 10.0 Å². The second-order valence-corrected chi connectivity index (χ2v) is 9.28. The van der Waals surface area contributed by atoms with Crippen LogP contribution in [0, 0.1) is 0 Å². The maximum atomic E-state index is 12.7. The molecule has 2 aromatic carbocycles. The van der Waals surface area contributed by atoms with Crippen LogP contribution in [0.25, 0.3) is 0 Å². The van der Waals surface area contributed by atoms with Crippen molar-refractivity contribution in [2.45, 2.75) is 24.3 Å². The lowest BCUT2D eigenvalue weighted by Gasteiger charge is -2.17. The molecular weight excluding hydrogens is 392 g/mol. The molecule has 28 heavy (non-hydrogen) atoms. The summed E-state index contributed by atoms with van der Waals surface area (Å²) in [6.07, 6.45) is 1.07. The second-order valence-electron chi connectivity index (χ2n) is 6.45. The Morgan fingerprint density at radius 3 is 2.36 bits per heavy atom. The number of carbonyl (C=O) groups excluding carboxylic acids is 1. The zero-order valence-electron chi connectivity index (χ0n) is 15.5. The number of anilines is 1. The Morgan fingerprint density at radius 2 is 1.71 bits per heavy atom. The molecule has 0 aliphatic carbocycles. The Labute approximate surface area is 169 Å². The van der Waals surface area contributed by atoms with Crippen molar-refractivity contribution in [3.8, 4) is 0 Å². The normalized spacial score (nSPS) is 11.5. The van der Waals surface area contributed by atoms with Crippen LogP contribution in [0.1, 0.15) is 17.5 Å². The fourth-order valence-corrected chi connectivity index (χ4v) is 4.59. The molecule has 1 aromatic heterocycles. The van der Waals surface area contributed by atoms with Crippen molar-refractivity contribution in [1.82, 2.24) is 4.31 Å². The monoisotopic (exact) mass is 414 g/mol. The molecule has 0 unspecified atom stereocenters. The lowest BCUT2D eigenvalue weighted by molar-refractivity contribution is -0.116. The van der Waals surface area contributed by atoms with Gasteiger partial charge in [-0.2, -0.15) is 15.6 Å². The minimum atomic E-state index is -3.60. The molecule has 1 N–H and O–H groups in total. The number of hydrogen-bond acceptors (Lipinski definition) is 4. The summed E-state index contributed by atoms with van der Waals surface area (Å²) in [5.41, 5.74) is 2.64. The largest absolute Gasteiger partial charge is 0.326 e. The van der Waals surface area contributed by atoms with Crippen LogP contribution in [-0.4, -0.2) is 25.7 Å². The first kappa shape index (κ1) is 20.3. The van der Waals surface area contributed by atoms with Gasteiger partial charge in [-0.3, -0.25) is 4.79 Å². The highest BCUT2D eigenvalue weighted by molar-refractivity contribution is 7.89. The molecule has 0 aliphatic heterocycles. The number of benzene rings is 2. The summed E-state index contributed by atoms with van der Waals surface area (Å²) in [6, 6.07) is 17.7. The number of carbonyl (C=O) groups is 1. The van der Waals surface area contributed by atoms with E-state index in [9.17, 15) is 13.2 Å². The van der Waals surface area contributed by atoms with Crippen LogP contribution in [0.5, 0.6) is 0 Å². The van der Waals surface area contributed by atoms with Gasteiger partial charge in [0.1, 0.15) is 0 Å². The highest BCUT2D eigenvalue weighted by atomic mass is 32.2. The Hall–Kier alpha value is -2.48. The van der Waals surface area contributed by atoms with Crippen LogP contribution in [0.15, 0.2) is 76.3 Å². The summed E-state index contributed by atoms with van der Waals surface area (Å²) in [4.78, 5) is 12.3. The van der Waals surface area contributed by atoms with E-state index in [1.807, 2.05) is 47.2 Å². The average Bonchev–Trinajstić information content (AvgIpc) is 3.21. The topological polar surface area (TPSA) is 66.5 Å². The fourth-order valence-electron chi connectivity index (χ4n) is 2.73. The van der Waals surface area contributed by atoms with Crippen molar-refractivity contribution in [3.05, 3.63) is 82.6 Å². The van der Waals surface area contributed by atoms with E-state index in [0.29, 0.717) is 25.1 Å². The molecule has 0 fully saturated rings. The number of hydrogen-bond donors (Lipinski definition) is 1. The minimum absolute atomic E-state index is 0.0944. The number of sulfonamides is 1. The number of nitrogens with one attached hydrogen (secondary N) is 1. The van der Waals surface area contributed by atoms with Crippen molar-refractivity contribution in [1.29, 1.82) is 0 Å². The van der Waals surface area contributed by atoms with Crippen LogP contribution in [0.4, 0.5) is 5.69 Å². The smallest absolute Gasteiger partial charge is 0.243 e. The van der Waals surface area contributed by atoms with Gasteiger partial charge in [0.2, 0.25) is 15.9 Å². The van der Waals surface area contributed by atoms with Crippen molar-refractivity contribution >= 4 is 33.0 Å². The SMILES string of the molecule is CN(Cc1ccccc1)S(=O)(=O)c1ccc(NC(=O)CCc2ccsc2)cc1. The summed E-state index contributed by atoms with van der Waals surface area (Å²) >= 11 is 1.61. The molecule has 1 amide bonds. The van der Waals surface area contributed by atoms with Gasteiger partial charge >= 0.3 is 0 Å². The van der Waals surface area contributed by atoms with E-state index in [-0.39, 0.29) is 10.8 Å². The molecule has 3 aromatic rings. The lowest BCUT2D eigenvalue weighted by Crippen LogP contribution is -2.26. The Morgan fingerprint density at radius 1 is 1.00 bits per heavy atom. The van der Waals surface area contributed by atoms with Crippen LogP contribution < -0.4 is 5.32 Å². The first-order chi connectivity index (χ1) is 13.4. The van der Waals surface area contributed by atoms with Crippen LogP contribution in [0.3, 0.4) is 0 Å². The summed E-state index contributed by atoms with van der Waals surface area (Å²) in [5, 5.41) is 6.82. The predicted octanol–water partition coefficient (Wildman–Crippen LogP) is 4.14. The number of thiophene rings is 1. The molecule has 146 valence electrons. The van der Waals surface area contributed by atoms with Crippen molar-refractivity contribution in [2.75, 3.05) is 12.4 Å². The molecule has 5 nitrogen and oxygen atoms in total. The van der Waals surface area contributed by atoms with E-state index in [0.717, 1.165) is 11.1 Å². The second kappa shape index (κ2) is 9.14. The van der Waals surface area contributed by atoms with E-state index in [1.165, 1.54) is 16.4 Å². The third-order valence-corrected chi connectivity index (χ3v) is 6.86. The van der Waals surface area contributed by atoms with Gasteiger partial charge in [0.05, 0.1) is 4.90 Å². The lowest BCUT2D eigenvalue weighted by atomic mass is 10.2. The van der Waals surface area contributed by atoms with E-state index in [2.05, 4.69) is 5.32 Å². The molecule has 0 radical (unpaired) electrons. The molecule has 0 saturated heterocycles. The molecule has 1 heterocycles. The molecule has 3 rings (SSSR count). The predicted molar refractivity (Wildman–Crippen MR) is 113 cm³/mol. The van der Waals surface area contributed by atoms with Crippen LogP contribution >= 0.6 is 11.3 Å². The molecule has 0 bridgehead atoms. The first-order valence-corrected chi connectivity index (χ1v) is 11.2. The quantitative estimate of drug-likeness (QED) is 0.602. The summed E-state index contributed by atoms with van der Waals surface area (Å²) in [7, 11) is -2.04. The van der Waals surface area contributed by atoms with Gasteiger partial charge in [0.25, 0.3) is 0 Å². The van der Waals surface area contributed by atoms with Crippen molar-refractivity contribution in [3.63, 3.8) is 0 Å². The van der Waals surface area contributed by atoms with E-state index in [4.69, 9.17) is 0 Å². The first-order valence-electron chi connectivity index (χ1n) is 8.86. The van der Waals surface area contributed by atoms with Gasteiger partial charge < -0.3 is 5.32 Å². The van der Waals surface area contributed by atoms with Gasteiger partial charge in [-0.15, -0.1) is 0 Å². The zero-order chi connectivity index (χ0) is 20.0. The fraction of sp³-hybridized carbons (Fsp3) is 0.190. The molecule has 0 atom stereocenters. The van der Waals surface area contributed by atoms with Crippen LogP contribution in [0.2, 0.25) is 0 Å². The molecule has 0 spiro atoms. The average molecular weight is 415 g/mol. The summed E-state index contributed by atoms with van der Waals surface area (Å²) in [5.74, 6) is -0.0944. The minimum Gasteiger partial charge on any atom is -0.326 e. The maximum absolute atomic E-state index is 12.7. The Bertz CT molecular complexity index is 1000. The number of rotatable bonds is 8. The molecular formula is C21H22N2O3S2. The third kappa shape index (κ3) is 5.28.